The first-order valence-electron chi connectivity index (χ1n) is 5.06. The summed E-state index contributed by atoms with van der Waals surface area (Å²) in [6, 6.07) is 1.85. The maximum atomic E-state index is 5.46. The van der Waals surface area contributed by atoms with Crippen LogP contribution in [0.2, 0.25) is 0 Å². The standard InChI is InChI=1S/C10H17BrN2O2/c1-2-5-14-6-4-9(13-12)10-8(11)3-7-15-10/h3,7,9,13H,2,4-6,12H2,1H3. The van der Waals surface area contributed by atoms with Gasteiger partial charge in [-0.25, -0.2) is 5.43 Å². The minimum atomic E-state index is -0.00812. The zero-order valence-electron chi connectivity index (χ0n) is 8.83. The number of ether oxygens (including phenoxy) is 1. The number of nitrogens with two attached hydrogens (primary N) is 1. The molecule has 3 N–H and O–H groups in total. The number of hydrazine groups is 1. The van der Waals surface area contributed by atoms with E-state index < -0.39 is 0 Å². The number of furan rings is 1. The van der Waals surface area contributed by atoms with Gasteiger partial charge in [0.15, 0.2) is 0 Å². The fourth-order valence-corrected chi connectivity index (χ4v) is 1.77. The van der Waals surface area contributed by atoms with Crippen LogP contribution in [0.3, 0.4) is 0 Å². The van der Waals surface area contributed by atoms with Crippen LogP contribution in [-0.4, -0.2) is 13.2 Å². The van der Waals surface area contributed by atoms with E-state index in [1.165, 1.54) is 0 Å². The lowest BCUT2D eigenvalue weighted by Crippen LogP contribution is -2.29. The van der Waals surface area contributed by atoms with Crippen molar-refractivity contribution in [2.75, 3.05) is 13.2 Å². The Morgan fingerprint density at radius 3 is 2.93 bits per heavy atom. The number of hydrogen-bond acceptors (Lipinski definition) is 4. The molecule has 0 aliphatic carbocycles. The van der Waals surface area contributed by atoms with Crippen LogP contribution in [-0.2, 0) is 4.74 Å². The van der Waals surface area contributed by atoms with Gasteiger partial charge in [-0.2, -0.15) is 0 Å². The molecule has 0 amide bonds. The molecule has 1 atom stereocenters. The number of halogens is 1. The second-order valence-electron chi connectivity index (χ2n) is 3.25. The predicted octanol–water partition coefficient (Wildman–Crippen LogP) is 2.36. The summed E-state index contributed by atoms with van der Waals surface area (Å²) in [5.74, 6) is 6.28. The molecule has 1 aromatic heterocycles. The maximum Gasteiger partial charge on any atom is 0.136 e. The molecule has 0 aromatic carbocycles. The Bertz CT molecular complexity index is 278. The number of nitrogens with one attached hydrogen (secondary N) is 1. The van der Waals surface area contributed by atoms with Crippen molar-refractivity contribution >= 4 is 15.9 Å². The molecule has 5 heteroatoms. The average Bonchev–Trinajstić information content (AvgIpc) is 2.65. The van der Waals surface area contributed by atoms with Gasteiger partial charge in [-0.1, -0.05) is 6.92 Å². The molecule has 0 aliphatic rings. The number of hydrogen-bond donors (Lipinski definition) is 2. The van der Waals surface area contributed by atoms with Crippen molar-refractivity contribution in [3.05, 3.63) is 22.6 Å². The molecule has 0 bridgehead atoms. The van der Waals surface area contributed by atoms with Crippen molar-refractivity contribution in [2.45, 2.75) is 25.8 Å². The van der Waals surface area contributed by atoms with Crippen molar-refractivity contribution in [2.24, 2.45) is 5.84 Å². The maximum absolute atomic E-state index is 5.46. The van der Waals surface area contributed by atoms with Gasteiger partial charge in [-0.05, 0) is 34.8 Å². The fraction of sp³-hybridized carbons (Fsp3) is 0.600. The molecule has 1 heterocycles. The Labute approximate surface area is 98.3 Å². The van der Waals surface area contributed by atoms with Crippen molar-refractivity contribution in [3.63, 3.8) is 0 Å². The highest BCUT2D eigenvalue weighted by molar-refractivity contribution is 9.10. The van der Waals surface area contributed by atoms with Crippen LogP contribution in [0.15, 0.2) is 21.2 Å². The number of rotatable bonds is 7. The van der Waals surface area contributed by atoms with E-state index in [1.807, 2.05) is 6.07 Å². The minimum absolute atomic E-state index is 0.00812. The largest absolute Gasteiger partial charge is 0.466 e. The summed E-state index contributed by atoms with van der Waals surface area (Å²) in [6.45, 7) is 3.55. The summed E-state index contributed by atoms with van der Waals surface area (Å²) < 4.78 is 11.7. The van der Waals surface area contributed by atoms with E-state index >= 15 is 0 Å². The van der Waals surface area contributed by atoms with Crippen LogP contribution < -0.4 is 11.3 Å². The van der Waals surface area contributed by atoms with Crippen LogP contribution in [0, 0.1) is 0 Å². The molecular formula is C10H17BrN2O2. The Kier molecular flexibility index (Phi) is 5.93. The first kappa shape index (κ1) is 12.7. The summed E-state index contributed by atoms with van der Waals surface area (Å²) >= 11 is 3.40. The van der Waals surface area contributed by atoms with Crippen molar-refractivity contribution in [1.29, 1.82) is 0 Å². The normalized spacial score (nSPS) is 13.0. The van der Waals surface area contributed by atoms with Crippen LogP contribution in [0.25, 0.3) is 0 Å². The molecule has 4 nitrogen and oxygen atoms in total. The molecule has 0 fully saturated rings. The molecule has 1 rings (SSSR count). The van der Waals surface area contributed by atoms with Gasteiger partial charge in [0.2, 0.25) is 0 Å². The molecule has 0 saturated heterocycles. The van der Waals surface area contributed by atoms with E-state index in [4.69, 9.17) is 15.0 Å². The van der Waals surface area contributed by atoms with Gasteiger partial charge in [0, 0.05) is 13.2 Å². The molecule has 0 aliphatic heterocycles. The highest BCUT2D eigenvalue weighted by Crippen LogP contribution is 2.26. The molecule has 1 aromatic rings. The van der Waals surface area contributed by atoms with Crippen LogP contribution >= 0.6 is 15.9 Å². The molecule has 86 valence electrons. The zero-order chi connectivity index (χ0) is 11.1. The van der Waals surface area contributed by atoms with Crippen LogP contribution in [0.4, 0.5) is 0 Å². The Balaban J connectivity index is 2.39. The van der Waals surface area contributed by atoms with Gasteiger partial charge in [-0.15, -0.1) is 0 Å². The van der Waals surface area contributed by atoms with E-state index in [9.17, 15) is 0 Å². The molecular weight excluding hydrogens is 260 g/mol. The summed E-state index contributed by atoms with van der Waals surface area (Å²) in [4.78, 5) is 0. The lowest BCUT2D eigenvalue weighted by Gasteiger charge is -2.13. The Morgan fingerprint density at radius 2 is 2.40 bits per heavy atom. The third-order valence-corrected chi connectivity index (χ3v) is 2.72. The van der Waals surface area contributed by atoms with Crippen molar-refractivity contribution < 1.29 is 9.15 Å². The third-order valence-electron chi connectivity index (χ3n) is 2.06. The highest BCUT2D eigenvalue weighted by atomic mass is 79.9. The van der Waals surface area contributed by atoms with Crippen molar-refractivity contribution in [1.82, 2.24) is 5.43 Å². The van der Waals surface area contributed by atoms with Gasteiger partial charge in [0.1, 0.15) is 5.76 Å². The second-order valence-corrected chi connectivity index (χ2v) is 4.11. The fourth-order valence-electron chi connectivity index (χ4n) is 1.29. The van der Waals surface area contributed by atoms with Crippen LogP contribution in [0.5, 0.6) is 0 Å². The summed E-state index contributed by atoms with van der Waals surface area (Å²) in [5.41, 5.74) is 2.72. The quantitative estimate of drug-likeness (QED) is 0.456. The molecule has 1 unspecified atom stereocenters. The van der Waals surface area contributed by atoms with Gasteiger partial charge in [0.05, 0.1) is 16.8 Å². The van der Waals surface area contributed by atoms with Gasteiger partial charge in [-0.3, -0.25) is 5.84 Å². The van der Waals surface area contributed by atoms with E-state index in [0.717, 1.165) is 29.7 Å². The minimum Gasteiger partial charge on any atom is -0.466 e. The Morgan fingerprint density at radius 1 is 1.60 bits per heavy atom. The van der Waals surface area contributed by atoms with Gasteiger partial charge in [0.25, 0.3) is 0 Å². The van der Waals surface area contributed by atoms with Gasteiger partial charge < -0.3 is 9.15 Å². The first-order chi connectivity index (χ1) is 7.29. The topological polar surface area (TPSA) is 60.4 Å². The first-order valence-corrected chi connectivity index (χ1v) is 5.85. The monoisotopic (exact) mass is 276 g/mol. The lowest BCUT2D eigenvalue weighted by atomic mass is 10.2. The SMILES string of the molecule is CCCOCCC(NN)c1occc1Br. The third kappa shape index (κ3) is 3.95. The molecule has 0 saturated carbocycles. The Hall–Kier alpha value is -0.360. The van der Waals surface area contributed by atoms with E-state index in [1.54, 1.807) is 6.26 Å². The van der Waals surface area contributed by atoms with E-state index in [0.29, 0.717) is 6.61 Å². The van der Waals surface area contributed by atoms with Crippen molar-refractivity contribution in [3.8, 4) is 0 Å². The van der Waals surface area contributed by atoms with E-state index in [-0.39, 0.29) is 6.04 Å². The molecule has 15 heavy (non-hydrogen) atoms. The zero-order valence-corrected chi connectivity index (χ0v) is 10.4. The smallest absolute Gasteiger partial charge is 0.136 e. The molecule has 0 spiro atoms. The lowest BCUT2D eigenvalue weighted by molar-refractivity contribution is 0.122. The highest BCUT2D eigenvalue weighted by Gasteiger charge is 2.15. The summed E-state index contributed by atoms with van der Waals surface area (Å²) in [5, 5.41) is 0. The predicted molar refractivity (Wildman–Crippen MR) is 62.2 cm³/mol. The molecule has 0 radical (unpaired) electrons. The second kappa shape index (κ2) is 7.00. The average molecular weight is 277 g/mol. The summed E-state index contributed by atoms with van der Waals surface area (Å²) in [7, 11) is 0. The summed E-state index contributed by atoms with van der Waals surface area (Å²) in [6.07, 6.45) is 3.46. The van der Waals surface area contributed by atoms with E-state index in [2.05, 4.69) is 28.3 Å². The van der Waals surface area contributed by atoms with Gasteiger partial charge >= 0.3 is 0 Å². The van der Waals surface area contributed by atoms with Crippen LogP contribution in [0.1, 0.15) is 31.6 Å².